The first-order valence-electron chi connectivity index (χ1n) is 6.41. The standard InChI is InChI=1S/C16H15BrN2O2/c1-10-6-7-12(17)8-15(10)16(21)19-14-5-3-4-13(9-14)18-11(2)20/h3-9H,1-2H3,(H,18,20)(H,19,21). The number of hydrogen-bond donors (Lipinski definition) is 2. The third-order valence-corrected chi connectivity index (χ3v) is 3.38. The van der Waals surface area contributed by atoms with Crippen LogP contribution < -0.4 is 10.6 Å². The maximum Gasteiger partial charge on any atom is 0.255 e. The number of nitrogens with one attached hydrogen (secondary N) is 2. The molecule has 0 saturated heterocycles. The topological polar surface area (TPSA) is 58.2 Å². The normalized spacial score (nSPS) is 10.0. The van der Waals surface area contributed by atoms with Crippen LogP contribution in [0, 0.1) is 6.92 Å². The smallest absolute Gasteiger partial charge is 0.255 e. The van der Waals surface area contributed by atoms with E-state index in [1.807, 2.05) is 19.1 Å². The number of anilines is 2. The van der Waals surface area contributed by atoms with Crippen LogP contribution in [0.5, 0.6) is 0 Å². The van der Waals surface area contributed by atoms with E-state index in [0.29, 0.717) is 16.9 Å². The van der Waals surface area contributed by atoms with Crippen LogP contribution in [0.2, 0.25) is 0 Å². The van der Waals surface area contributed by atoms with Gasteiger partial charge in [0.1, 0.15) is 0 Å². The maximum absolute atomic E-state index is 12.3. The van der Waals surface area contributed by atoms with E-state index in [1.165, 1.54) is 6.92 Å². The first-order chi connectivity index (χ1) is 9.95. The van der Waals surface area contributed by atoms with Crippen molar-refractivity contribution < 1.29 is 9.59 Å². The van der Waals surface area contributed by atoms with Crippen LogP contribution in [-0.4, -0.2) is 11.8 Å². The molecule has 21 heavy (non-hydrogen) atoms. The molecular formula is C16H15BrN2O2. The van der Waals surface area contributed by atoms with Gasteiger partial charge >= 0.3 is 0 Å². The maximum atomic E-state index is 12.3. The minimum Gasteiger partial charge on any atom is -0.326 e. The van der Waals surface area contributed by atoms with Crippen LogP contribution in [0.25, 0.3) is 0 Å². The number of carbonyl (C=O) groups excluding carboxylic acids is 2. The van der Waals surface area contributed by atoms with Gasteiger partial charge in [-0.2, -0.15) is 0 Å². The molecule has 2 rings (SSSR count). The zero-order valence-corrected chi connectivity index (χ0v) is 13.3. The van der Waals surface area contributed by atoms with Crippen molar-refractivity contribution in [2.24, 2.45) is 0 Å². The Kier molecular flexibility index (Phi) is 4.75. The van der Waals surface area contributed by atoms with Gasteiger partial charge in [0.2, 0.25) is 5.91 Å². The minimum atomic E-state index is -0.186. The molecule has 2 aromatic rings. The minimum absolute atomic E-state index is 0.152. The number of rotatable bonds is 3. The number of hydrogen-bond acceptors (Lipinski definition) is 2. The Morgan fingerprint density at radius 1 is 1.00 bits per heavy atom. The van der Waals surface area contributed by atoms with Crippen molar-refractivity contribution in [3.05, 3.63) is 58.1 Å². The molecule has 0 radical (unpaired) electrons. The van der Waals surface area contributed by atoms with Gasteiger partial charge in [0.05, 0.1) is 0 Å². The van der Waals surface area contributed by atoms with Gasteiger partial charge in [0, 0.05) is 28.3 Å². The van der Waals surface area contributed by atoms with Gasteiger partial charge in [-0.05, 0) is 42.8 Å². The lowest BCUT2D eigenvalue weighted by Crippen LogP contribution is -2.14. The first-order valence-corrected chi connectivity index (χ1v) is 7.20. The number of aryl methyl sites for hydroxylation is 1. The second kappa shape index (κ2) is 6.54. The van der Waals surface area contributed by atoms with Crippen LogP contribution in [0.4, 0.5) is 11.4 Å². The molecule has 0 fully saturated rings. The molecule has 0 saturated carbocycles. The largest absolute Gasteiger partial charge is 0.326 e. The zero-order valence-electron chi connectivity index (χ0n) is 11.7. The van der Waals surface area contributed by atoms with E-state index in [1.54, 1.807) is 30.3 Å². The Bertz CT molecular complexity index is 698. The van der Waals surface area contributed by atoms with Crippen molar-refractivity contribution >= 4 is 39.1 Å². The first kappa shape index (κ1) is 15.3. The van der Waals surface area contributed by atoms with Crippen LogP contribution in [-0.2, 0) is 4.79 Å². The zero-order chi connectivity index (χ0) is 15.4. The third kappa shape index (κ3) is 4.16. The van der Waals surface area contributed by atoms with Crippen molar-refractivity contribution in [3.8, 4) is 0 Å². The molecule has 0 atom stereocenters. The van der Waals surface area contributed by atoms with Crippen molar-refractivity contribution in [1.82, 2.24) is 0 Å². The molecule has 0 aliphatic carbocycles. The summed E-state index contributed by atoms with van der Waals surface area (Å²) in [4.78, 5) is 23.3. The highest BCUT2D eigenvalue weighted by Gasteiger charge is 2.10. The molecule has 0 aliphatic rings. The summed E-state index contributed by atoms with van der Waals surface area (Å²) < 4.78 is 0.852. The van der Waals surface area contributed by atoms with Crippen LogP contribution in [0.3, 0.4) is 0 Å². The molecule has 0 unspecified atom stereocenters. The molecule has 108 valence electrons. The van der Waals surface area contributed by atoms with E-state index in [0.717, 1.165) is 10.0 Å². The summed E-state index contributed by atoms with van der Waals surface area (Å²) >= 11 is 3.36. The molecule has 2 N–H and O–H groups in total. The monoisotopic (exact) mass is 346 g/mol. The quantitative estimate of drug-likeness (QED) is 0.883. The predicted octanol–water partition coefficient (Wildman–Crippen LogP) is 3.97. The van der Waals surface area contributed by atoms with E-state index in [4.69, 9.17) is 0 Å². The summed E-state index contributed by atoms with van der Waals surface area (Å²) in [7, 11) is 0. The Balaban J connectivity index is 2.19. The van der Waals surface area contributed by atoms with Crippen LogP contribution in [0.15, 0.2) is 46.9 Å². The molecule has 0 aromatic heterocycles. The number of benzene rings is 2. The molecule has 2 aromatic carbocycles. The van der Waals surface area contributed by atoms with E-state index in [9.17, 15) is 9.59 Å². The Morgan fingerprint density at radius 2 is 1.67 bits per heavy atom. The molecule has 5 heteroatoms. The summed E-state index contributed by atoms with van der Waals surface area (Å²) in [6.45, 7) is 3.32. The van der Waals surface area contributed by atoms with Gasteiger partial charge in [0.15, 0.2) is 0 Å². The molecule has 0 heterocycles. The Labute approximate surface area is 131 Å². The average molecular weight is 347 g/mol. The lowest BCUT2D eigenvalue weighted by atomic mass is 10.1. The van der Waals surface area contributed by atoms with Crippen molar-refractivity contribution in [1.29, 1.82) is 0 Å². The predicted molar refractivity (Wildman–Crippen MR) is 87.6 cm³/mol. The second-order valence-corrected chi connectivity index (χ2v) is 5.59. The van der Waals surface area contributed by atoms with E-state index in [2.05, 4.69) is 26.6 Å². The van der Waals surface area contributed by atoms with Gasteiger partial charge in [-0.1, -0.05) is 28.1 Å². The molecule has 0 bridgehead atoms. The molecule has 2 amide bonds. The fourth-order valence-corrected chi connectivity index (χ4v) is 2.28. The fraction of sp³-hybridized carbons (Fsp3) is 0.125. The Hall–Kier alpha value is -2.14. The number of halogens is 1. The number of amides is 2. The average Bonchev–Trinajstić information content (AvgIpc) is 2.41. The third-order valence-electron chi connectivity index (χ3n) is 2.89. The van der Waals surface area contributed by atoms with Gasteiger partial charge in [-0.25, -0.2) is 0 Å². The van der Waals surface area contributed by atoms with E-state index >= 15 is 0 Å². The van der Waals surface area contributed by atoms with E-state index in [-0.39, 0.29) is 11.8 Å². The van der Waals surface area contributed by atoms with Gasteiger partial charge in [-0.15, -0.1) is 0 Å². The second-order valence-electron chi connectivity index (χ2n) is 4.68. The summed E-state index contributed by atoms with van der Waals surface area (Å²) in [5.41, 5.74) is 2.78. The lowest BCUT2D eigenvalue weighted by molar-refractivity contribution is -0.114. The highest BCUT2D eigenvalue weighted by atomic mass is 79.9. The lowest BCUT2D eigenvalue weighted by Gasteiger charge is -2.10. The van der Waals surface area contributed by atoms with E-state index < -0.39 is 0 Å². The van der Waals surface area contributed by atoms with Crippen molar-refractivity contribution in [2.45, 2.75) is 13.8 Å². The number of carbonyl (C=O) groups is 2. The van der Waals surface area contributed by atoms with Crippen molar-refractivity contribution in [2.75, 3.05) is 10.6 Å². The fourth-order valence-electron chi connectivity index (χ4n) is 1.92. The molecular weight excluding hydrogens is 332 g/mol. The molecule has 4 nitrogen and oxygen atoms in total. The highest BCUT2D eigenvalue weighted by molar-refractivity contribution is 9.10. The summed E-state index contributed by atoms with van der Waals surface area (Å²) in [5, 5.41) is 5.51. The highest BCUT2D eigenvalue weighted by Crippen LogP contribution is 2.19. The Morgan fingerprint density at radius 3 is 2.33 bits per heavy atom. The van der Waals surface area contributed by atoms with Gasteiger partial charge in [0.25, 0.3) is 5.91 Å². The SMILES string of the molecule is CC(=O)Nc1cccc(NC(=O)c2cc(Br)ccc2C)c1. The van der Waals surface area contributed by atoms with Gasteiger partial charge in [-0.3, -0.25) is 9.59 Å². The van der Waals surface area contributed by atoms with Crippen LogP contribution in [0.1, 0.15) is 22.8 Å². The summed E-state index contributed by atoms with van der Waals surface area (Å²) in [6.07, 6.45) is 0. The van der Waals surface area contributed by atoms with Crippen LogP contribution >= 0.6 is 15.9 Å². The molecule has 0 aliphatic heterocycles. The molecule has 0 spiro atoms. The van der Waals surface area contributed by atoms with Crippen molar-refractivity contribution in [3.63, 3.8) is 0 Å². The summed E-state index contributed by atoms with van der Waals surface area (Å²) in [5.74, 6) is -0.338. The summed E-state index contributed by atoms with van der Waals surface area (Å²) in [6, 6.07) is 12.6. The van der Waals surface area contributed by atoms with Gasteiger partial charge < -0.3 is 10.6 Å².